The van der Waals surface area contributed by atoms with Gasteiger partial charge in [-0.3, -0.25) is 4.79 Å². The summed E-state index contributed by atoms with van der Waals surface area (Å²) in [5.41, 5.74) is 2.00. The molecule has 43 heavy (non-hydrogen) atoms. The van der Waals surface area contributed by atoms with Crippen molar-refractivity contribution < 1.29 is 45.3 Å². The number of ether oxygens (including phenoxy) is 3. The molecule has 2 aromatic heterocycles. The molecule has 0 unspecified atom stereocenters. The predicted molar refractivity (Wildman–Crippen MR) is 146 cm³/mol. The molecule has 0 saturated carbocycles. The zero-order valence-electron chi connectivity index (χ0n) is 22.6. The fourth-order valence-electron chi connectivity index (χ4n) is 3.73. The SMILES string of the molecule is CNc1cc(-c2cccnc2Oc2cc(C(=O)Nc3cc(OCC(F)(F)F)cc(OCC(F)(F)F)c3)ccc2C)ccn1. The average molecular weight is 607 g/mol. The zero-order chi connectivity index (χ0) is 31.2. The van der Waals surface area contributed by atoms with Crippen molar-refractivity contribution in [2.45, 2.75) is 19.3 Å². The number of hydrogen-bond acceptors (Lipinski definition) is 7. The second-order valence-corrected chi connectivity index (χ2v) is 9.07. The van der Waals surface area contributed by atoms with E-state index < -0.39 is 43.0 Å². The number of rotatable bonds is 10. The molecule has 0 atom stereocenters. The number of alkyl halides is 6. The van der Waals surface area contributed by atoms with E-state index in [9.17, 15) is 31.1 Å². The molecule has 4 aromatic rings. The highest BCUT2D eigenvalue weighted by molar-refractivity contribution is 6.04. The highest BCUT2D eigenvalue weighted by Gasteiger charge is 2.30. The zero-order valence-corrected chi connectivity index (χ0v) is 22.6. The number of hydrogen-bond donors (Lipinski definition) is 2. The molecule has 4 rings (SSSR count). The summed E-state index contributed by atoms with van der Waals surface area (Å²) in [6.45, 7) is -1.66. The van der Waals surface area contributed by atoms with E-state index >= 15 is 0 Å². The van der Waals surface area contributed by atoms with Gasteiger partial charge in [-0.2, -0.15) is 26.3 Å². The second-order valence-electron chi connectivity index (χ2n) is 9.07. The van der Waals surface area contributed by atoms with Gasteiger partial charge in [0.05, 0.1) is 0 Å². The van der Waals surface area contributed by atoms with Gasteiger partial charge in [0.1, 0.15) is 23.1 Å². The lowest BCUT2D eigenvalue weighted by Gasteiger charge is -2.15. The quantitative estimate of drug-likeness (QED) is 0.182. The first-order valence-corrected chi connectivity index (χ1v) is 12.5. The molecule has 0 aliphatic rings. The number of pyridine rings is 2. The van der Waals surface area contributed by atoms with Gasteiger partial charge in [-0.25, -0.2) is 9.97 Å². The summed E-state index contributed by atoms with van der Waals surface area (Å²) in [5.74, 6) is -0.485. The summed E-state index contributed by atoms with van der Waals surface area (Å²) in [5, 5.41) is 5.40. The van der Waals surface area contributed by atoms with Gasteiger partial charge in [0, 0.05) is 54.5 Å². The van der Waals surface area contributed by atoms with Crippen LogP contribution in [0.1, 0.15) is 15.9 Å². The summed E-state index contributed by atoms with van der Waals surface area (Å²) in [4.78, 5) is 21.6. The highest BCUT2D eigenvalue weighted by atomic mass is 19.4. The molecule has 226 valence electrons. The average Bonchev–Trinajstić information content (AvgIpc) is 2.95. The molecule has 14 heteroatoms. The molecule has 0 fully saturated rings. The molecule has 2 heterocycles. The summed E-state index contributed by atoms with van der Waals surface area (Å²) in [6, 6.07) is 14.6. The van der Waals surface area contributed by atoms with Gasteiger partial charge in [-0.1, -0.05) is 6.07 Å². The van der Waals surface area contributed by atoms with Crippen LogP contribution in [0.3, 0.4) is 0 Å². The summed E-state index contributed by atoms with van der Waals surface area (Å²) in [7, 11) is 1.73. The van der Waals surface area contributed by atoms with Crippen LogP contribution in [0, 0.1) is 6.92 Å². The monoisotopic (exact) mass is 606 g/mol. The smallest absolute Gasteiger partial charge is 0.422 e. The molecule has 2 N–H and O–H groups in total. The number of aromatic nitrogens is 2. The minimum absolute atomic E-state index is 0.0823. The molecule has 0 radical (unpaired) electrons. The van der Waals surface area contributed by atoms with E-state index in [1.54, 1.807) is 50.5 Å². The fourth-order valence-corrected chi connectivity index (χ4v) is 3.73. The number of nitrogens with zero attached hydrogens (tertiary/aromatic N) is 2. The number of carbonyl (C=O) groups is 1. The van der Waals surface area contributed by atoms with Gasteiger partial charge in [0.25, 0.3) is 5.91 Å². The summed E-state index contributed by atoms with van der Waals surface area (Å²) >= 11 is 0. The third-order valence-corrected chi connectivity index (χ3v) is 5.70. The molecule has 8 nitrogen and oxygen atoms in total. The van der Waals surface area contributed by atoms with E-state index in [0.717, 1.165) is 23.8 Å². The molecule has 2 aromatic carbocycles. The van der Waals surface area contributed by atoms with Crippen LogP contribution in [-0.4, -0.2) is 48.5 Å². The van der Waals surface area contributed by atoms with Gasteiger partial charge in [0.15, 0.2) is 13.2 Å². The van der Waals surface area contributed by atoms with Crippen LogP contribution < -0.4 is 24.8 Å². The Bertz CT molecular complexity index is 1560. The van der Waals surface area contributed by atoms with Crippen LogP contribution >= 0.6 is 0 Å². The van der Waals surface area contributed by atoms with Crippen LogP contribution in [0.4, 0.5) is 37.8 Å². The van der Waals surface area contributed by atoms with Gasteiger partial charge in [-0.15, -0.1) is 0 Å². The number of benzene rings is 2. The van der Waals surface area contributed by atoms with Crippen LogP contribution in [0.15, 0.2) is 73.1 Å². The largest absolute Gasteiger partial charge is 0.484 e. The van der Waals surface area contributed by atoms with Gasteiger partial charge in [-0.05, 0) is 54.4 Å². The molecule has 0 aliphatic carbocycles. The van der Waals surface area contributed by atoms with Crippen molar-refractivity contribution in [2.75, 3.05) is 30.9 Å². The minimum Gasteiger partial charge on any atom is -0.484 e. The lowest BCUT2D eigenvalue weighted by Crippen LogP contribution is -2.20. The summed E-state index contributed by atoms with van der Waals surface area (Å²) < 4.78 is 91.4. The normalized spacial score (nSPS) is 11.5. The Morgan fingerprint density at radius 1 is 0.837 bits per heavy atom. The molecule has 0 spiro atoms. The molecule has 0 aliphatic heterocycles. The topological polar surface area (TPSA) is 94.6 Å². The first kappa shape index (κ1) is 30.9. The van der Waals surface area contributed by atoms with Crippen molar-refractivity contribution in [3.8, 4) is 34.3 Å². The molecule has 1 amide bonds. The number of anilines is 2. The maximum absolute atomic E-state index is 13.1. The Morgan fingerprint density at radius 3 is 2.14 bits per heavy atom. The third kappa shape index (κ3) is 8.99. The van der Waals surface area contributed by atoms with E-state index in [-0.39, 0.29) is 22.9 Å². The van der Waals surface area contributed by atoms with Crippen LogP contribution in [0.5, 0.6) is 23.1 Å². The highest BCUT2D eigenvalue weighted by Crippen LogP contribution is 2.34. The Morgan fingerprint density at radius 2 is 1.51 bits per heavy atom. The number of nitrogens with one attached hydrogen (secondary N) is 2. The predicted octanol–water partition coefficient (Wildman–Crippen LogP) is 7.42. The Labute approximate surface area is 241 Å². The molecular formula is C29H24F6N4O4. The lowest BCUT2D eigenvalue weighted by atomic mass is 10.1. The standard InChI is InChI=1S/C29H24F6N4O4/c1-17-5-6-19(10-24(17)43-27-23(4-3-8-38-27)18-7-9-37-25(11-18)36-2)26(40)39-20-12-21(41-15-28(30,31)32)14-22(13-20)42-16-29(33,34)35/h3-14H,15-16H2,1-2H3,(H,36,37)(H,39,40). The van der Waals surface area contributed by atoms with Crippen molar-refractivity contribution in [3.63, 3.8) is 0 Å². The number of amides is 1. The number of halogens is 6. The van der Waals surface area contributed by atoms with E-state index in [1.165, 1.54) is 18.3 Å². The van der Waals surface area contributed by atoms with E-state index in [0.29, 0.717) is 16.9 Å². The third-order valence-electron chi connectivity index (χ3n) is 5.70. The van der Waals surface area contributed by atoms with E-state index in [1.807, 2.05) is 0 Å². The van der Waals surface area contributed by atoms with Crippen molar-refractivity contribution in [2.24, 2.45) is 0 Å². The first-order valence-electron chi connectivity index (χ1n) is 12.5. The molecule has 0 saturated heterocycles. The van der Waals surface area contributed by atoms with Gasteiger partial charge >= 0.3 is 12.4 Å². The van der Waals surface area contributed by atoms with Crippen LogP contribution in [0.25, 0.3) is 11.1 Å². The maximum atomic E-state index is 13.1. The van der Waals surface area contributed by atoms with Gasteiger partial charge in [0.2, 0.25) is 5.88 Å². The van der Waals surface area contributed by atoms with Gasteiger partial charge < -0.3 is 24.8 Å². The Balaban J connectivity index is 1.58. The van der Waals surface area contributed by atoms with Crippen molar-refractivity contribution in [3.05, 3.63) is 84.2 Å². The number of aryl methyl sites for hydroxylation is 1. The van der Waals surface area contributed by atoms with Crippen molar-refractivity contribution in [1.82, 2.24) is 9.97 Å². The summed E-state index contributed by atoms with van der Waals surface area (Å²) in [6.07, 6.45) is -6.25. The van der Waals surface area contributed by atoms with Crippen molar-refractivity contribution in [1.29, 1.82) is 0 Å². The Kier molecular flexibility index (Phi) is 9.27. The maximum Gasteiger partial charge on any atom is 0.422 e. The van der Waals surface area contributed by atoms with Crippen LogP contribution in [-0.2, 0) is 0 Å². The molecule has 0 bridgehead atoms. The Hall–Kier alpha value is -5.01. The minimum atomic E-state index is -4.70. The lowest BCUT2D eigenvalue weighted by molar-refractivity contribution is -0.153. The second kappa shape index (κ2) is 12.9. The molecular weight excluding hydrogens is 582 g/mol. The number of carbonyl (C=O) groups excluding carboxylic acids is 1. The van der Waals surface area contributed by atoms with E-state index in [2.05, 4.69) is 30.1 Å². The van der Waals surface area contributed by atoms with Crippen LogP contribution in [0.2, 0.25) is 0 Å². The van der Waals surface area contributed by atoms with Crippen molar-refractivity contribution >= 4 is 17.4 Å². The first-order chi connectivity index (χ1) is 20.3. The fraction of sp³-hybridized carbons (Fsp3) is 0.207. The van der Waals surface area contributed by atoms with E-state index in [4.69, 9.17) is 4.74 Å².